The Balaban J connectivity index is 1.74. The highest BCUT2D eigenvalue weighted by Gasteiger charge is 2.23. The summed E-state index contributed by atoms with van der Waals surface area (Å²) in [5.41, 5.74) is 9.65. The van der Waals surface area contributed by atoms with E-state index in [1.54, 1.807) is 4.90 Å². The standard InChI is InChI=1S/C15H21N3O/c1-18-14-6-2-10(8-11(14)3-7-15(18)19)13(16)9-17-12-4-5-12/h2,6,8,12-13,17H,3-5,7,9,16H2,1H3. The topological polar surface area (TPSA) is 58.4 Å². The molecule has 3 N–H and O–H groups in total. The maximum absolute atomic E-state index is 11.7. The molecule has 0 spiro atoms. The van der Waals surface area contributed by atoms with Gasteiger partial charge in [0, 0.05) is 37.8 Å². The van der Waals surface area contributed by atoms with Gasteiger partial charge in [0.15, 0.2) is 0 Å². The number of amides is 1. The average Bonchev–Trinajstić information content (AvgIpc) is 3.24. The number of rotatable bonds is 4. The van der Waals surface area contributed by atoms with Crippen molar-refractivity contribution >= 4 is 11.6 Å². The van der Waals surface area contributed by atoms with E-state index in [0.717, 1.165) is 24.2 Å². The predicted molar refractivity (Wildman–Crippen MR) is 76.1 cm³/mol. The summed E-state index contributed by atoms with van der Waals surface area (Å²) in [6, 6.07) is 6.96. The lowest BCUT2D eigenvalue weighted by Crippen LogP contribution is -2.32. The van der Waals surface area contributed by atoms with Crippen molar-refractivity contribution in [3.8, 4) is 0 Å². The number of hydrogen-bond acceptors (Lipinski definition) is 3. The Morgan fingerprint density at radius 1 is 1.42 bits per heavy atom. The normalized spacial score (nSPS) is 20.3. The Bertz CT molecular complexity index is 496. The van der Waals surface area contributed by atoms with Gasteiger partial charge in [-0.15, -0.1) is 0 Å². The van der Waals surface area contributed by atoms with Crippen molar-refractivity contribution in [2.45, 2.75) is 37.8 Å². The highest BCUT2D eigenvalue weighted by molar-refractivity contribution is 5.95. The summed E-state index contributed by atoms with van der Waals surface area (Å²) in [6.07, 6.45) is 3.99. The van der Waals surface area contributed by atoms with Crippen LogP contribution in [0.4, 0.5) is 5.69 Å². The molecule has 0 bridgehead atoms. The van der Waals surface area contributed by atoms with Crippen LogP contribution in [-0.2, 0) is 11.2 Å². The van der Waals surface area contributed by atoms with Crippen molar-refractivity contribution in [1.82, 2.24) is 5.32 Å². The molecule has 1 fully saturated rings. The van der Waals surface area contributed by atoms with E-state index in [1.165, 1.54) is 18.4 Å². The van der Waals surface area contributed by atoms with Crippen LogP contribution < -0.4 is 16.0 Å². The third kappa shape index (κ3) is 2.65. The number of anilines is 1. The van der Waals surface area contributed by atoms with Crippen LogP contribution in [-0.4, -0.2) is 25.5 Å². The molecule has 102 valence electrons. The summed E-state index contributed by atoms with van der Waals surface area (Å²) in [6.45, 7) is 0.832. The summed E-state index contributed by atoms with van der Waals surface area (Å²) in [5, 5.41) is 3.46. The molecule has 1 aliphatic carbocycles. The van der Waals surface area contributed by atoms with E-state index in [0.29, 0.717) is 12.5 Å². The molecule has 4 nitrogen and oxygen atoms in total. The number of nitrogens with zero attached hydrogens (tertiary/aromatic N) is 1. The van der Waals surface area contributed by atoms with E-state index in [9.17, 15) is 4.79 Å². The molecular formula is C15H21N3O. The Morgan fingerprint density at radius 3 is 2.95 bits per heavy atom. The fraction of sp³-hybridized carbons (Fsp3) is 0.533. The second-order valence-electron chi connectivity index (χ2n) is 5.63. The maximum atomic E-state index is 11.7. The van der Waals surface area contributed by atoms with Gasteiger partial charge in [0.1, 0.15) is 0 Å². The molecule has 0 saturated heterocycles. The molecule has 3 rings (SSSR count). The number of benzene rings is 1. The van der Waals surface area contributed by atoms with Crippen molar-refractivity contribution < 1.29 is 4.79 Å². The van der Waals surface area contributed by atoms with Gasteiger partial charge >= 0.3 is 0 Å². The van der Waals surface area contributed by atoms with Crippen LogP contribution in [0.2, 0.25) is 0 Å². The summed E-state index contributed by atoms with van der Waals surface area (Å²) >= 11 is 0. The molecule has 2 aliphatic rings. The Hall–Kier alpha value is -1.39. The quantitative estimate of drug-likeness (QED) is 0.858. The zero-order valence-electron chi connectivity index (χ0n) is 11.4. The first-order valence-corrected chi connectivity index (χ1v) is 7.03. The predicted octanol–water partition coefficient (Wildman–Crippen LogP) is 1.35. The van der Waals surface area contributed by atoms with Crippen LogP contribution in [0.3, 0.4) is 0 Å². The van der Waals surface area contributed by atoms with Crippen LogP contribution in [0, 0.1) is 0 Å². The lowest BCUT2D eigenvalue weighted by molar-refractivity contribution is -0.118. The molecule has 1 aromatic carbocycles. The van der Waals surface area contributed by atoms with E-state index in [1.807, 2.05) is 19.2 Å². The Labute approximate surface area is 114 Å². The zero-order valence-corrected chi connectivity index (χ0v) is 11.4. The first-order chi connectivity index (χ1) is 9.15. The smallest absolute Gasteiger partial charge is 0.227 e. The molecule has 1 amide bonds. The minimum absolute atomic E-state index is 0.0360. The van der Waals surface area contributed by atoms with Gasteiger partial charge in [-0.05, 0) is 36.5 Å². The molecule has 19 heavy (non-hydrogen) atoms. The summed E-state index contributed by atoms with van der Waals surface area (Å²) in [7, 11) is 1.84. The average molecular weight is 259 g/mol. The van der Waals surface area contributed by atoms with Crippen LogP contribution in [0.1, 0.15) is 36.4 Å². The molecule has 0 aromatic heterocycles. The van der Waals surface area contributed by atoms with Gasteiger partial charge in [0.05, 0.1) is 0 Å². The van der Waals surface area contributed by atoms with Crippen LogP contribution in [0.15, 0.2) is 18.2 Å². The number of carbonyl (C=O) groups excluding carboxylic acids is 1. The third-order valence-corrected chi connectivity index (χ3v) is 4.08. The largest absolute Gasteiger partial charge is 0.323 e. The number of nitrogens with one attached hydrogen (secondary N) is 1. The summed E-state index contributed by atoms with van der Waals surface area (Å²) in [5.74, 6) is 0.194. The second kappa shape index (κ2) is 4.94. The van der Waals surface area contributed by atoms with E-state index in [4.69, 9.17) is 5.73 Å². The van der Waals surface area contributed by atoms with Crippen LogP contribution in [0.5, 0.6) is 0 Å². The highest BCUT2D eigenvalue weighted by Crippen LogP contribution is 2.29. The molecule has 1 aromatic rings. The first-order valence-electron chi connectivity index (χ1n) is 7.03. The molecule has 1 atom stereocenters. The van der Waals surface area contributed by atoms with Crippen molar-refractivity contribution in [3.63, 3.8) is 0 Å². The third-order valence-electron chi connectivity index (χ3n) is 4.08. The van der Waals surface area contributed by atoms with Gasteiger partial charge in [0.2, 0.25) is 5.91 Å². The zero-order chi connectivity index (χ0) is 13.4. The number of fused-ring (bicyclic) bond motifs is 1. The van der Waals surface area contributed by atoms with Crippen molar-refractivity contribution in [2.24, 2.45) is 5.73 Å². The van der Waals surface area contributed by atoms with Gasteiger partial charge in [-0.2, -0.15) is 0 Å². The van der Waals surface area contributed by atoms with Crippen molar-refractivity contribution in [3.05, 3.63) is 29.3 Å². The molecule has 0 radical (unpaired) electrons. The molecule has 1 unspecified atom stereocenters. The summed E-state index contributed by atoms with van der Waals surface area (Å²) in [4.78, 5) is 13.4. The SMILES string of the molecule is CN1C(=O)CCc2cc(C(N)CNC3CC3)ccc21. The molecule has 1 heterocycles. The minimum atomic E-state index is 0.0360. The highest BCUT2D eigenvalue weighted by atomic mass is 16.2. The van der Waals surface area contributed by atoms with Gasteiger partial charge in [-0.3, -0.25) is 4.79 Å². The van der Waals surface area contributed by atoms with Gasteiger partial charge in [-0.25, -0.2) is 0 Å². The molecule has 1 saturated carbocycles. The Kier molecular flexibility index (Phi) is 3.29. The monoisotopic (exact) mass is 259 g/mol. The van der Waals surface area contributed by atoms with Crippen LogP contribution >= 0.6 is 0 Å². The fourth-order valence-electron chi connectivity index (χ4n) is 2.61. The number of nitrogens with two attached hydrogens (primary N) is 1. The van der Waals surface area contributed by atoms with Gasteiger partial charge < -0.3 is 16.0 Å². The number of aryl methyl sites for hydroxylation is 1. The number of carbonyl (C=O) groups is 1. The lowest BCUT2D eigenvalue weighted by Gasteiger charge is -2.27. The van der Waals surface area contributed by atoms with Crippen molar-refractivity contribution in [1.29, 1.82) is 0 Å². The Morgan fingerprint density at radius 2 is 2.21 bits per heavy atom. The van der Waals surface area contributed by atoms with Gasteiger partial charge in [-0.1, -0.05) is 12.1 Å². The summed E-state index contributed by atoms with van der Waals surface area (Å²) < 4.78 is 0. The van der Waals surface area contributed by atoms with E-state index in [2.05, 4.69) is 11.4 Å². The van der Waals surface area contributed by atoms with E-state index in [-0.39, 0.29) is 11.9 Å². The molecule has 1 aliphatic heterocycles. The fourth-order valence-corrected chi connectivity index (χ4v) is 2.61. The first kappa shape index (κ1) is 12.6. The maximum Gasteiger partial charge on any atom is 0.227 e. The molecule has 4 heteroatoms. The minimum Gasteiger partial charge on any atom is -0.323 e. The second-order valence-corrected chi connectivity index (χ2v) is 5.63. The van der Waals surface area contributed by atoms with E-state index < -0.39 is 0 Å². The van der Waals surface area contributed by atoms with Crippen molar-refractivity contribution in [2.75, 3.05) is 18.5 Å². The lowest BCUT2D eigenvalue weighted by atomic mass is 9.96. The molecular weight excluding hydrogens is 238 g/mol. The number of hydrogen-bond donors (Lipinski definition) is 2. The van der Waals surface area contributed by atoms with Crippen LogP contribution in [0.25, 0.3) is 0 Å². The van der Waals surface area contributed by atoms with Gasteiger partial charge in [0.25, 0.3) is 0 Å². The van der Waals surface area contributed by atoms with E-state index >= 15 is 0 Å².